The topological polar surface area (TPSA) is 59.8 Å². The van der Waals surface area contributed by atoms with E-state index in [1.807, 2.05) is 36.6 Å². The Kier molecular flexibility index (Phi) is 6.70. The molecule has 1 aromatic heterocycles. The Balaban J connectivity index is 1.67. The maximum atomic E-state index is 13.0. The monoisotopic (exact) mass is 418 g/mol. The lowest BCUT2D eigenvalue weighted by Gasteiger charge is -2.13. The molecule has 1 N–H and O–H groups in total. The molecule has 1 heterocycles. The number of thioether (sulfide) groups is 1. The third-order valence-electron chi connectivity index (χ3n) is 4.15. The lowest BCUT2D eigenvalue weighted by Crippen LogP contribution is -2.30. The highest BCUT2D eigenvalue weighted by atomic mass is 35.5. The molecule has 3 rings (SSSR count). The van der Waals surface area contributed by atoms with Gasteiger partial charge >= 0.3 is 0 Å². The molecule has 8 heteroatoms. The number of aromatic nitrogens is 3. The fraction of sp³-hybridized carbons (Fsp3) is 0.250. The van der Waals surface area contributed by atoms with Gasteiger partial charge in [-0.25, -0.2) is 4.39 Å². The number of amides is 1. The van der Waals surface area contributed by atoms with E-state index in [1.165, 1.54) is 23.9 Å². The summed E-state index contributed by atoms with van der Waals surface area (Å²) < 4.78 is 14.9. The summed E-state index contributed by atoms with van der Waals surface area (Å²) in [5, 5.41) is 12.3. The molecule has 146 valence electrons. The number of rotatable bonds is 7. The van der Waals surface area contributed by atoms with Crippen molar-refractivity contribution in [2.45, 2.75) is 37.3 Å². The average molecular weight is 419 g/mol. The number of nitrogens with one attached hydrogen (secondary N) is 1. The minimum Gasteiger partial charge on any atom is -0.351 e. The standard InChI is InChI=1S/C20H20ClFN4OS/c1-3-26-18(15-5-4-6-16(21)11-15)24-25-20(26)28-13(2)19(27)23-12-14-7-9-17(22)10-8-14/h4-11,13H,3,12H2,1-2H3,(H,23,27)/t13-/m1/s1. The third kappa shape index (κ3) is 4.91. The lowest BCUT2D eigenvalue weighted by atomic mass is 10.2. The highest BCUT2D eigenvalue weighted by molar-refractivity contribution is 8.00. The molecule has 0 saturated heterocycles. The van der Waals surface area contributed by atoms with E-state index in [-0.39, 0.29) is 17.0 Å². The van der Waals surface area contributed by atoms with Crippen LogP contribution in [0.5, 0.6) is 0 Å². The van der Waals surface area contributed by atoms with Gasteiger partial charge in [-0.1, -0.05) is 47.6 Å². The Labute approximate surface area is 172 Å². The van der Waals surface area contributed by atoms with Crippen LogP contribution in [0.2, 0.25) is 5.02 Å². The summed E-state index contributed by atoms with van der Waals surface area (Å²) >= 11 is 7.43. The predicted molar refractivity (Wildman–Crippen MR) is 110 cm³/mol. The molecule has 0 aliphatic carbocycles. The van der Waals surface area contributed by atoms with E-state index in [2.05, 4.69) is 15.5 Å². The molecule has 0 aliphatic heterocycles. The first-order valence-corrected chi connectivity index (χ1v) is 10.1. The highest BCUT2D eigenvalue weighted by Gasteiger charge is 2.20. The summed E-state index contributed by atoms with van der Waals surface area (Å²) in [5.74, 6) is 0.295. The Hall–Kier alpha value is -2.38. The summed E-state index contributed by atoms with van der Waals surface area (Å²) in [6, 6.07) is 13.5. The molecule has 0 bridgehead atoms. The molecule has 0 spiro atoms. The van der Waals surface area contributed by atoms with Crippen molar-refractivity contribution in [2.75, 3.05) is 0 Å². The SMILES string of the molecule is CCn1c(S[C@H](C)C(=O)NCc2ccc(F)cc2)nnc1-c1cccc(Cl)c1. The second-order valence-corrected chi connectivity index (χ2v) is 7.91. The first kappa shape index (κ1) is 20.4. The molecule has 0 saturated carbocycles. The van der Waals surface area contributed by atoms with E-state index >= 15 is 0 Å². The molecular formula is C20H20ClFN4OS. The summed E-state index contributed by atoms with van der Waals surface area (Å²) in [6.07, 6.45) is 0. The van der Waals surface area contributed by atoms with Crippen LogP contribution in [0.25, 0.3) is 11.4 Å². The van der Waals surface area contributed by atoms with Gasteiger partial charge in [0.05, 0.1) is 5.25 Å². The smallest absolute Gasteiger partial charge is 0.233 e. The molecule has 5 nitrogen and oxygen atoms in total. The van der Waals surface area contributed by atoms with Crippen LogP contribution in [0.3, 0.4) is 0 Å². The van der Waals surface area contributed by atoms with Crippen molar-refractivity contribution in [3.05, 3.63) is 64.9 Å². The first-order valence-electron chi connectivity index (χ1n) is 8.86. The van der Waals surface area contributed by atoms with Crippen LogP contribution in [-0.4, -0.2) is 25.9 Å². The van der Waals surface area contributed by atoms with Crippen LogP contribution in [0.15, 0.2) is 53.7 Å². The van der Waals surface area contributed by atoms with Crippen LogP contribution in [-0.2, 0) is 17.9 Å². The molecule has 2 aromatic carbocycles. The number of carbonyl (C=O) groups excluding carboxylic acids is 1. The van der Waals surface area contributed by atoms with Gasteiger partial charge in [-0.15, -0.1) is 10.2 Å². The quantitative estimate of drug-likeness (QED) is 0.571. The molecule has 0 radical (unpaired) electrons. The van der Waals surface area contributed by atoms with E-state index < -0.39 is 0 Å². The fourth-order valence-electron chi connectivity index (χ4n) is 2.65. The molecule has 28 heavy (non-hydrogen) atoms. The molecule has 3 aromatic rings. The van der Waals surface area contributed by atoms with Crippen LogP contribution in [0, 0.1) is 5.82 Å². The largest absolute Gasteiger partial charge is 0.351 e. The van der Waals surface area contributed by atoms with Gasteiger partial charge in [0.2, 0.25) is 5.91 Å². The number of halogens is 2. The molecular weight excluding hydrogens is 399 g/mol. The molecule has 1 amide bonds. The second kappa shape index (κ2) is 9.21. The van der Waals surface area contributed by atoms with Crippen molar-refractivity contribution in [1.82, 2.24) is 20.1 Å². The Morgan fingerprint density at radius 3 is 2.68 bits per heavy atom. The van der Waals surface area contributed by atoms with Crippen LogP contribution in [0.1, 0.15) is 19.4 Å². The number of nitrogens with zero attached hydrogens (tertiary/aromatic N) is 3. The number of hydrogen-bond donors (Lipinski definition) is 1. The van der Waals surface area contributed by atoms with E-state index in [1.54, 1.807) is 18.2 Å². The number of hydrogen-bond acceptors (Lipinski definition) is 4. The Bertz CT molecular complexity index is 961. The summed E-state index contributed by atoms with van der Waals surface area (Å²) in [6.45, 7) is 4.83. The van der Waals surface area contributed by atoms with Gasteiger partial charge in [0.25, 0.3) is 0 Å². The minimum absolute atomic E-state index is 0.121. The molecule has 0 aliphatic rings. The normalized spacial score (nSPS) is 12.0. The van der Waals surface area contributed by atoms with Gasteiger partial charge in [0, 0.05) is 23.7 Å². The van der Waals surface area contributed by atoms with Gasteiger partial charge in [-0.2, -0.15) is 0 Å². The zero-order chi connectivity index (χ0) is 20.1. The van der Waals surface area contributed by atoms with Crippen molar-refractivity contribution in [1.29, 1.82) is 0 Å². The van der Waals surface area contributed by atoms with Crippen molar-refractivity contribution in [2.24, 2.45) is 0 Å². The summed E-state index contributed by atoms with van der Waals surface area (Å²) in [7, 11) is 0. The molecule has 0 unspecified atom stereocenters. The predicted octanol–water partition coefficient (Wildman–Crippen LogP) is 4.55. The zero-order valence-corrected chi connectivity index (χ0v) is 17.1. The molecule has 1 atom stereocenters. The number of benzene rings is 2. The first-order chi connectivity index (χ1) is 13.5. The fourth-order valence-corrected chi connectivity index (χ4v) is 3.78. The van der Waals surface area contributed by atoms with Gasteiger partial charge < -0.3 is 9.88 Å². The van der Waals surface area contributed by atoms with Crippen LogP contribution < -0.4 is 5.32 Å². The lowest BCUT2D eigenvalue weighted by molar-refractivity contribution is -0.120. The van der Waals surface area contributed by atoms with Crippen molar-refractivity contribution in [3.8, 4) is 11.4 Å². The second-order valence-electron chi connectivity index (χ2n) is 6.17. The van der Waals surface area contributed by atoms with Crippen LogP contribution >= 0.6 is 23.4 Å². The van der Waals surface area contributed by atoms with E-state index in [4.69, 9.17) is 11.6 Å². The van der Waals surface area contributed by atoms with Crippen molar-refractivity contribution < 1.29 is 9.18 Å². The number of carbonyl (C=O) groups is 1. The van der Waals surface area contributed by atoms with Gasteiger partial charge in [-0.3, -0.25) is 4.79 Å². The Morgan fingerprint density at radius 1 is 1.25 bits per heavy atom. The summed E-state index contributed by atoms with van der Waals surface area (Å²) in [4.78, 5) is 12.4. The van der Waals surface area contributed by atoms with Crippen molar-refractivity contribution in [3.63, 3.8) is 0 Å². The van der Waals surface area contributed by atoms with Gasteiger partial charge in [0.15, 0.2) is 11.0 Å². The third-order valence-corrected chi connectivity index (χ3v) is 5.46. The van der Waals surface area contributed by atoms with Gasteiger partial charge in [0.1, 0.15) is 5.82 Å². The summed E-state index contributed by atoms with van der Waals surface area (Å²) in [5.41, 5.74) is 1.72. The van der Waals surface area contributed by atoms with E-state index in [0.717, 1.165) is 11.1 Å². The van der Waals surface area contributed by atoms with Crippen LogP contribution in [0.4, 0.5) is 4.39 Å². The molecule has 0 fully saturated rings. The van der Waals surface area contributed by atoms with Crippen molar-refractivity contribution >= 4 is 29.3 Å². The zero-order valence-electron chi connectivity index (χ0n) is 15.5. The van der Waals surface area contributed by atoms with Gasteiger partial charge in [-0.05, 0) is 43.7 Å². The van der Waals surface area contributed by atoms with E-state index in [0.29, 0.717) is 29.1 Å². The maximum absolute atomic E-state index is 13.0. The minimum atomic E-state index is -0.359. The average Bonchev–Trinajstić information content (AvgIpc) is 3.09. The Morgan fingerprint density at radius 2 is 2.00 bits per heavy atom. The van der Waals surface area contributed by atoms with E-state index in [9.17, 15) is 9.18 Å². The highest BCUT2D eigenvalue weighted by Crippen LogP contribution is 2.28. The maximum Gasteiger partial charge on any atom is 0.233 e.